The van der Waals surface area contributed by atoms with E-state index in [4.69, 9.17) is 14.3 Å². The lowest BCUT2D eigenvalue weighted by Crippen LogP contribution is -2.11. The van der Waals surface area contributed by atoms with Crippen LogP contribution in [0.1, 0.15) is 49.1 Å². The monoisotopic (exact) mass is 239 g/mol. The molecule has 1 N–H and O–H groups in total. The first kappa shape index (κ1) is 12.1. The quantitative estimate of drug-likeness (QED) is 0.872. The minimum Gasteiger partial charge on any atom is -0.481 e. The summed E-state index contributed by atoms with van der Waals surface area (Å²) in [6.45, 7) is 2.59. The molecule has 0 spiro atoms. The molecule has 0 amide bonds. The minimum absolute atomic E-state index is 0.0546. The van der Waals surface area contributed by atoms with Gasteiger partial charge in [-0.25, -0.2) is 4.98 Å². The van der Waals surface area contributed by atoms with Gasteiger partial charge in [-0.3, -0.25) is 4.79 Å². The maximum atomic E-state index is 10.5. The Morgan fingerprint density at radius 2 is 2.35 bits per heavy atom. The van der Waals surface area contributed by atoms with Gasteiger partial charge in [0.2, 0.25) is 5.89 Å². The number of carboxylic acid groups (broad SMARTS) is 1. The maximum Gasteiger partial charge on any atom is 0.303 e. The molecule has 5 nitrogen and oxygen atoms in total. The molecule has 5 heteroatoms. The Labute approximate surface area is 99.8 Å². The third-order valence-corrected chi connectivity index (χ3v) is 2.93. The van der Waals surface area contributed by atoms with Crippen molar-refractivity contribution in [3.05, 3.63) is 17.3 Å². The van der Waals surface area contributed by atoms with E-state index in [1.165, 1.54) is 0 Å². The number of aryl methyl sites for hydroxylation is 2. The number of hydrogen-bond acceptors (Lipinski definition) is 4. The summed E-state index contributed by atoms with van der Waals surface area (Å²) in [6.07, 6.45) is 3.54. The number of rotatable bonds is 4. The number of aromatic nitrogens is 1. The SMILES string of the molecule is Cc1nc(C2CCCCO2)oc1CCC(=O)O. The zero-order valence-electron chi connectivity index (χ0n) is 9.94. The van der Waals surface area contributed by atoms with E-state index in [0.717, 1.165) is 31.6 Å². The summed E-state index contributed by atoms with van der Waals surface area (Å²) in [6, 6.07) is 0. The average molecular weight is 239 g/mol. The fourth-order valence-corrected chi connectivity index (χ4v) is 1.98. The zero-order chi connectivity index (χ0) is 12.3. The van der Waals surface area contributed by atoms with E-state index in [-0.39, 0.29) is 12.5 Å². The van der Waals surface area contributed by atoms with Gasteiger partial charge in [-0.2, -0.15) is 0 Å². The third-order valence-electron chi connectivity index (χ3n) is 2.93. The summed E-state index contributed by atoms with van der Waals surface area (Å²) in [4.78, 5) is 14.8. The number of aliphatic carboxylic acids is 1. The molecule has 17 heavy (non-hydrogen) atoms. The Kier molecular flexibility index (Phi) is 3.78. The highest BCUT2D eigenvalue weighted by atomic mass is 16.5. The Morgan fingerprint density at radius 3 is 3.00 bits per heavy atom. The van der Waals surface area contributed by atoms with Crippen molar-refractivity contribution >= 4 is 5.97 Å². The molecular formula is C12H17NO4. The van der Waals surface area contributed by atoms with Gasteiger partial charge in [0.05, 0.1) is 12.1 Å². The van der Waals surface area contributed by atoms with Crippen molar-refractivity contribution in [2.75, 3.05) is 6.61 Å². The van der Waals surface area contributed by atoms with Gasteiger partial charge in [0, 0.05) is 13.0 Å². The summed E-state index contributed by atoms with van der Waals surface area (Å²) >= 11 is 0. The van der Waals surface area contributed by atoms with Gasteiger partial charge in [-0.1, -0.05) is 0 Å². The Morgan fingerprint density at radius 1 is 1.53 bits per heavy atom. The molecule has 1 aliphatic heterocycles. The van der Waals surface area contributed by atoms with E-state index >= 15 is 0 Å². The van der Waals surface area contributed by atoms with Crippen molar-refractivity contribution in [3.63, 3.8) is 0 Å². The third kappa shape index (κ3) is 3.06. The number of hydrogen-bond donors (Lipinski definition) is 1. The summed E-state index contributed by atoms with van der Waals surface area (Å²) < 4.78 is 11.2. The molecular weight excluding hydrogens is 222 g/mol. The molecule has 1 aliphatic rings. The second-order valence-corrected chi connectivity index (χ2v) is 4.31. The molecule has 1 atom stereocenters. The minimum atomic E-state index is -0.823. The van der Waals surface area contributed by atoms with Gasteiger partial charge in [0.15, 0.2) is 0 Å². The highest BCUT2D eigenvalue weighted by Crippen LogP contribution is 2.28. The van der Waals surface area contributed by atoms with Crippen LogP contribution in [0.2, 0.25) is 0 Å². The van der Waals surface area contributed by atoms with E-state index in [1.807, 2.05) is 6.92 Å². The largest absolute Gasteiger partial charge is 0.481 e. The fraction of sp³-hybridized carbons (Fsp3) is 0.667. The number of carbonyl (C=O) groups is 1. The number of nitrogens with zero attached hydrogens (tertiary/aromatic N) is 1. The molecule has 0 aliphatic carbocycles. The van der Waals surface area contributed by atoms with E-state index in [9.17, 15) is 4.79 Å². The van der Waals surface area contributed by atoms with Gasteiger partial charge >= 0.3 is 5.97 Å². The van der Waals surface area contributed by atoms with Gasteiger partial charge in [-0.05, 0) is 26.2 Å². The number of carboxylic acids is 1. The van der Waals surface area contributed by atoms with Crippen molar-refractivity contribution in [1.82, 2.24) is 4.98 Å². The standard InChI is InChI=1S/C12H17NO4/c1-8-9(5-6-11(14)15)17-12(13-8)10-4-2-3-7-16-10/h10H,2-7H2,1H3,(H,14,15). The molecule has 1 saturated heterocycles. The molecule has 1 aromatic rings. The maximum absolute atomic E-state index is 10.5. The van der Waals surface area contributed by atoms with Gasteiger partial charge in [0.1, 0.15) is 11.9 Å². The molecule has 1 aromatic heterocycles. The summed E-state index contributed by atoms with van der Waals surface area (Å²) in [7, 11) is 0. The predicted molar refractivity (Wildman–Crippen MR) is 59.7 cm³/mol. The van der Waals surface area contributed by atoms with E-state index in [1.54, 1.807) is 0 Å². The van der Waals surface area contributed by atoms with Crippen molar-refractivity contribution < 1.29 is 19.1 Å². The second kappa shape index (κ2) is 5.31. The van der Waals surface area contributed by atoms with Crippen LogP contribution < -0.4 is 0 Å². The summed E-state index contributed by atoms with van der Waals surface area (Å²) in [5.74, 6) is 0.440. The summed E-state index contributed by atoms with van der Waals surface area (Å²) in [5, 5.41) is 8.63. The topological polar surface area (TPSA) is 72.6 Å². The van der Waals surface area contributed by atoms with Crippen LogP contribution in [-0.2, 0) is 16.0 Å². The molecule has 0 saturated carbocycles. The molecule has 2 heterocycles. The van der Waals surface area contributed by atoms with Crippen LogP contribution in [0, 0.1) is 6.92 Å². The first-order valence-electron chi connectivity index (χ1n) is 5.96. The predicted octanol–water partition coefficient (Wildman–Crippen LogP) is 2.24. The van der Waals surface area contributed by atoms with Crippen LogP contribution in [0.15, 0.2) is 4.42 Å². The van der Waals surface area contributed by atoms with Crippen molar-refractivity contribution in [3.8, 4) is 0 Å². The van der Waals surface area contributed by atoms with Crippen LogP contribution in [0.4, 0.5) is 0 Å². The lowest BCUT2D eigenvalue weighted by Gasteiger charge is -2.19. The Hall–Kier alpha value is -1.36. The van der Waals surface area contributed by atoms with E-state index in [0.29, 0.717) is 18.1 Å². The Balaban J connectivity index is 2.03. The second-order valence-electron chi connectivity index (χ2n) is 4.31. The number of oxazole rings is 1. The van der Waals surface area contributed by atoms with Crippen LogP contribution in [-0.4, -0.2) is 22.7 Å². The smallest absolute Gasteiger partial charge is 0.303 e. The van der Waals surface area contributed by atoms with Gasteiger partial charge < -0.3 is 14.3 Å². The highest BCUT2D eigenvalue weighted by molar-refractivity contribution is 5.66. The van der Waals surface area contributed by atoms with Crippen LogP contribution in [0.25, 0.3) is 0 Å². The van der Waals surface area contributed by atoms with E-state index < -0.39 is 5.97 Å². The molecule has 94 valence electrons. The zero-order valence-corrected chi connectivity index (χ0v) is 9.94. The molecule has 0 radical (unpaired) electrons. The average Bonchev–Trinajstić information content (AvgIpc) is 2.69. The lowest BCUT2D eigenvalue weighted by atomic mass is 10.1. The van der Waals surface area contributed by atoms with Crippen LogP contribution >= 0.6 is 0 Å². The molecule has 0 bridgehead atoms. The van der Waals surface area contributed by atoms with Crippen molar-refractivity contribution in [2.45, 2.75) is 45.1 Å². The van der Waals surface area contributed by atoms with Gasteiger partial charge in [0.25, 0.3) is 0 Å². The lowest BCUT2D eigenvalue weighted by molar-refractivity contribution is -0.137. The Bertz CT molecular complexity index is 393. The molecule has 1 fully saturated rings. The summed E-state index contributed by atoms with van der Waals surface area (Å²) in [5.41, 5.74) is 0.774. The number of ether oxygens (including phenoxy) is 1. The van der Waals surface area contributed by atoms with Gasteiger partial charge in [-0.15, -0.1) is 0 Å². The highest BCUT2D eigenvalue weighted by Gasteiger charge is 2.22. The molecule has 2 rings (SSSR count). The van der Waals surface area contributed by atoms with E-state index in [2.05, 4.69) is 4.98 Å². The van der Waals surface area contributed by atoms with Crippen LogP contribution in [0.5, 0.6) is 0 Å². The van der Waals surface area contributed by atoms with Crippen LogP contribution in [0.3, 0.4) is 0 Å². The molecule has 0 aromatic carbocycles. The van der Waals surface area contributed by atoms with Crippen molar-refractivity contribution in [1.29, 1.82) is 0 Å². The first-order chi connectivity index (χ1) is 8.16. The normalized spacial score (nSPS) is 20.4. The van der Waals surface area contributed by atoms with Crippen molar-refractivity contribution in [2.24, 2.45) is 0 Å². The first-order valence-corrected chi connectivity index (χ1v) is 5.96. The molecule has 1 unspecified atom stereocenters. The fourth-order valence-electron chi connectivity index (χ4n) is 1.98.